The summed E-state index contributed by atoms with van der Waals surface area (Å²) in [5.41, 5.74) is 0.843. The van der Waals surface area contributed by atoms with Crippen molar-refractivity contribution in [2.45, 2.75) is 13.3 Å². The lowest BCUT2D eigenvalue weighted by Crippen LogP contribution is -2.09. The van der Waals surface area contributed by atoms with Crippen LogP contribution >= 0.6 is 0 Å². The third kappa shape index (κ3) is 1.47. The van der Waals surface area contributed by atoms with Gasteiger partial charge in [0.15, 0.2) is 0 Å². The maximum absolute atomic E-state index is 10.8. The summed E-state index contributed by atoms with van der Waals surface area (Å²) in [6.45, 7) is 1.97. The number of hydrogen-bond acceptors (Lipinski definition) is 2. The van der Waals surface area contributed by atoms with Crippen LogP contribution in [-0.2, 0) is 6.42 Å². The van der Waals surface area contributed by atoms with Crippen LogP contribution in [0.1, 0.15) is 18.1 Å². The zero-order valence-corrected chi connectivity index (χ0v) is 6.22. The lowest BCUT2D eigenvalue weighted by atomic mass is 10.2. The monoisotopic (exact) mass is 148 g/mol. The van der Waals surface area contributed by atoms with Crippen LogP contribution in [0.2, 0.25) is 0 Å². The maximum atomic E-state index is 10.8. The lowest BCUT2D eigenvalue weighted by molar-refractivity contribution is 1.08. The van der Waals surface area contributed by atoms with E-state index in [4.69, 9.17) is 5.26 Å². The fourth-order valence-electron chi connectivity index (χ4n) is 0.816. The zero-order valence-electron chi connectivity index (χ0n) is 6.22. The van der Waals surface area contributed by atoms with Gasteiger partial charge < -0.3 is 4.98 Å². The van der Waals surface area contributed by atoms with Gasteiger partial charge in [-0.3, -0.25) is 4.79 Å². The third-order valence-electron chi connectivity index (χ3n) is 1.49. The highest BCUT2D eigenvalue weighted by molar-refractivity contribution is 5.28. The average Bonchev–Trinajstić information content (AvgIpc) is 2.05. The molecule has 0 bridgehead atoms. The molecule has 1 aromatic heterocycles. The first-order valence-electron chi connectivity index (χ1n) is 3.39. The molecule has 56 valence electrons. The topological polar surface area (TPSA) is 56.6 Å². The fraction of sp³-hybridized carbons (Fsp3) is 0.250. The van der Waals surface area contributed by atoms with Crippen molar-refractivity contribution < 1.29 is 0 Å². The Balaban J connectivity index is 3.26. The third-order valence-corrected chi connectivity index (χ3v) is 1.49. The number of aryl methyl sites for hydroxylation is 1. The SMILES string of the molecule is CCc1c[nH]c(=O)c(C#N)c1. The molecule has 3 heteroatoms. The minimum Gasteiger partial charge on any atom is -0.328 e. The van der Waals surface area contributed by atoms with Crippen molar-refractivity contribution in [3.05, 3.63) is 33.7 Å². The van der Waals surface area contributed by atoms with E-state index in [2.05, 4.69) is 4.98 Å². The van der Waals surface area contributed by atoms with Gasteiger partial charge in [0.1, 0.15) is 11.6 Å². The van der Waals surface area contributed by atoms with Crippen molar-refractivity contribution in [3.8, 4) is 6.07 Å². The van der Waals surface area contributed by atoms with Crippen LogP contribution in [0.25, 0.3) is 0 Å². The molecule has 0 saturated carbocycles. The Kier molecular flexibility index (Phi) is 2.07. The molecule has 11 heavy (non-hydrogen) atoms. The van der Waals surface area contributed by atoms with Crippen LogP contribution in [0.15, 0.2) is 17.1 Å². The van der Waals surface area contributed by atoms with E-state index in [9.17, 15) is 4.79 Å². The molecular weight excluding hydrogens is 140 g/mol. The minimum absolute atomic E-state index is 0.185. The van der Waals surface area contributed by atoms with E-state index in [1.165, 1.54) is 0 Å². The predicted molar refractivity (Wildman–Crippen MR) is 41.2 cm³/mol. The van der Waals surface area contributed by atoms with Gasteiger partial charge in [-0.25, -0.2) is 0 Å². The number of aromatic amines is 1. The number of nitriles is 1. The molecule has 0 aliphatic rings. The molecule has 3 nitrogen and oxygen atoms in total. The molecule has 1 rings (SSSR count). The Morgan fingerprint density at radius 2 is 2.45 bits per heavy atom. The Bertz CT molecular complexity index is 346. The molecule has 1 heterocycles. The van der Waals surface area contributed by atoms with Crippen LogP contribution in [-0.4, -0.2) is 4.98 Å². The molecule has 0 aromatic carbocycles. The summed E-state index contributed by atoms with van der Waals surface area (Å²) in [6, 6.07) is 3.44. The molecule has 0 aliphatic carbocycles. The summed E-state index contributed by atoms with van der Waals surface area (Å²) in [4.78, 5) is 13.3. The number of rotatable bonds is 1. The largest absolute Gasteiger partial charge is 0.328 e. The van der Waals surface area contributed by atoms with Gasteiger partial charge in [-0.05, 0) is 18.1 Å². The van der Waals surface area contributed by atoms with Crippen molar-refractivity contribution in [1.82, 2.24) is 4.98 Å². The molecule has 1 N–H and O–H groups in total. The summed E-state index contributed by atoms with van der Waals surface area (Å²) in [7, 11) is 0. The summed E-state index contributed by atoms with van der Waals surface area (Å²) < 4.78 is 0. The highest BCUT2D eigenvalue weighted by atomic mass is 16.1. The highest BCUT2D eigenvalue weighted by Gasteiger charge is 1.97. The quantitative estimate of drug-likeness (QED) is 0.640. The van der Waals surface area contributed by atoms with E-state index in [0.29, 0.717) is 0 Å². The molecular formula is C8H8N2O. The van der Waals surface area contributed by atoms with Crippen molar-refractivity contribution in [3.63, 3.8) is 0 Å². The molecule has 0 saturated heterocycles. The van der Waals surface area contributed by atoms with E-state index in [0.717, 1.165) is 12.0 Å². The van der Waals surface area contributed by atoms with Gasteiger partial charge in [-0.15, -0.1) is 0 Å². The molecule has 0 radical (unpaired) electrons. The Morgan fingerprint density at radius 3 is 3.00 bits per heavy atom. The molecule has 0 fully saturated rings. The number of aromatic nitrogens is 1. The second-order valence-electron chi connectivity index (χ2n) is 2.22. The summed E-state index contributed by atoms with van der Waals surface area (Å²) in [5, 5.41) is 8.47. The van der Waals surface area contributed by atoms with Crippen LogP contribution in [0, 0.1) is 11.3 Å². The molecule has 0 spiro atoms. The lowest BCUT2D eigenvalue weighted by Gasteiger charge is -1.93. The number of hydrogen-bond donors (Lipinski definition) is 1. The van der Waals surface area contributed by atoms with Gasteiger partial charge in [0.05, 0.1) is 0 Å². The molecule has 0 unspecified atom stereocenters. The van der Waals surface area contributed by atoms with Crippen molar-refractivity contribution in [1.29, 1.82) is 5.26 Å². The van der Waals surface area contributed by atoms with E-state index >= 15 is 0 Å². The van der Waals surface area contributed by atoms with E-state index in [1.54, 1.807) is 12.3 Å². The van der Waals surface area contributed by atoms with Gasteiger partial charge in [-0.2, -0.15) is 5.26 Å². The first-order chi connectivity index (χ1) is 5.27. The first kappa shape index (κ1) is 7.55. The standard InChI is InChI=1S/C8H8N2O/c1-2-6-3-7(4-9)8(11)10-5-6/h3,5H,2H2,1H3,(H,10,11). The van der Waals surface area contributed by atoms with E-state index in [-0.39, 0.29) is 11.1 Å². The van der Waals surface area contributed by atoms with Crippen LogP contribution in [0.4, 0.5) is 0 Å². The maximum Gasteiger partial charge on any atom is 0.265 e. The molecule has 0 amide bonds. The Hall–Kier alpha value is -1.56. The number of nitrogens with one attached hydrogen (secondary N) is 1. The Labute approximate surface area is 64.3 Å². The fourth-order valence-corrected chi connectivity index (χ4v) is 0.816. The van der Waals surface area contributed by atoms with Crippen LogP contribution < -0.4 is 5.56 Å². The Morgan fingerprint density at radius 1 is 1.73 bits per heavy atom. The van der Waals surface area contributed by atoms with Gasteiger partial charge in [-0.1, -0.05) is 6.92 Å². The first-order valence-corrected chi connectivity index (χ1v) is 3.39. The normalized spacial score (nSPS) is 9.09. The molecule has 0 aliphatic heterocycles. The smallest absolute Gasteiger partial charge is 0.265 e. The summed E-state index contributed by atoms with van der Waals surface area (Å²) in [5.74, 6) is 0. The van der Waals surface area contributed by atoms with Crippen molar-refractivity contribution in [2.24, 2.45) is 0 Å². The second-order valence-corrected chi connectivity index (χ2v) is 2.22. The number of nitrogens with zero attached hydrogens (tertiary/aromatic N) is 1. The van der Waals surface area contributed by atoms with E-state index in [1.807, 2.05) is 13.0 Å². The van der Waals surface area contributed by atoms with Crippen molar-refractivity contribution >= 4 is 0 Å². The van der Waals surface area contributed by atoms with E-state index < -0.39 is 0 Å². The van der Waals surface area contributed by atoms with Gasteiger partial charge in [0, 0.05) is 6.20 Å². The molecule has 1 aromatic rings. The van der Waals surface area contributed by atoms with Crippen LogP contribution in [0.3, 0.4) is 0 Å². The predicted octanol–water partition coefficient (Wildman–Crippen LogP) is 0.809. The van der Waals surface area contributed by atoms with Gasteiger partial charge >= 0.3 is 0 Å². The van der Waals surface area contributed by atoms with Gasteiger partial charge in [0.2, 0.25) is 0 Å². The summed E-state index contributed by atoms with van der Waals surface area (Å²) in [6.07, 6.45) is 2.45. The minimum atomic E-state index is -0.315. The number of pyridine rings is 1. The molecule has 0 atom stereocenters. The van der Waals surface area contributed by atoms with Crippen LogP contribution in [0.5, 0.6) is 0 Å². The second kappa shape index (κ2) is 3.02. The zero-order chi connectivity index (χ0) is 8.27. The summed E-state index contributed by atoms with van der Waals surface area (Å²) >= 11 is 0. The average molecular weight is 148 g/mol. The number of H-pyrrole nitrogens is 1. The highest BCUT2D eigenvalue weighted by Crippen LogP contribution is 1.97. The van der Waals surface area contributed by atoms with Gasteiger partial charge in [0.25, 0.3) is 5.56 Å². The van der Waals surface area contributed by atoms with Crippen molar-refractivity contribution in [2.75, 3.05) is 0 Å².